The number of aliphatic hydroxyl groups excluding tert-OH is 1. The minimum Gasteiger partial charge on any atom is -0.497 e. The van der Waals surface area contributed by atoms with Crippen LogP contribution in [0, 0.1) is 0 Å². The van der Waals surface area contributed by atoms with E-state index in [0.29, 0.717) is 59.9 Å². The van der Waals surface area contributed by atoms with Crippen LogP contribution in [-0.4, -0.2) is 54.3 Å². The van der Waals surface area contributed by atoms with Crippen LogP contribution in [0.1, 0.15) is 30.9 Å². The number of anilines is 2. The SMILES string of the molecule is COc1cc(OC)cc(-c2nn(-c3cc(N4CC[C@H](O)C4)ccc3C(F)(F)F)c(=O)c3c2CCC(C)N3)c1. The summed E-state index contributed by atoms with van der Waals surface area (Å²) in [4.78, 5) is 15.5. The van der Waals surface area contributed by atoms with E-state index in [1.54, 1.807) is 23.1 Å². The third-order valence-electron chi connectivity index (χ3n) is 7.08. The number of ether oxygens (including phenoxy) is 2. The standard InChI is InChI=1S/C27H29F3N4O4/c1-15-4-6-21-24(16-10-19(37-2)13-20(11-16)38-3)32-34(26(36)25(21)31-15)23-12-17(33-9-8-18(35)14-33)5-7-22(23)27(28,29)30/h5,7,10-13,15,18,31,35H,4,6,8-9,14H2,1-3H3/t15?,18-/m0/s1. The third kappa shape index (κ3) is 4.78. The lowest BCUT2D eigenvalue weighted by atomic mass is 9.95. The lowest BCUT2D eigenvalue weighted by Gasteiger charge is -2.27. The summed E-state index contributed by atoms with van der Waals surface area (Å²) in [5, 5.41) is 17.7. The highest BCUT2D eigenvalue weighted by Crippen LogP contribution is 2.38. The van der Waals surface area contributed by atoms with E-state index >= 15 is 0 Å². The second kappa shape index (κ2) is 9.86. The number of aromatic nitrogens is 2. The molecular formula is C27H29F3N4O4. The average molecular weight is 531 g/mol. The molecule has 11 heteroatoms. The minimum atomic E-state index is -4.73. The molecule has 0 amide bonds. The van der Waals surface area contributed by atoms with Gasteiger partial charge in [-0.1, -0.05) is 0 Å². The fraction of sp³-hybridized carbons (Fsp3) is 0.407. The molecule has 2 aliphatic rings. The summed E-state index contributed by atoms with van der Waals surface area (Å²) < 4.78 is 54.3. The first-order valence-electron chi connectivity index (χ1n) is 12.4. The number of alkyl halides is 3. The van der Waals surface area contributed by atoms with Crippen molar-refractivity contribution in [1.29, 1.82) is 0 Å². The van der Waals surface area contributed by atoms with E-state index in [-0.39, 0.29) is 17.4 Å². The molecule has 0 spiro atoms. The highest BCUT2D eigenvalue weighted by atomic mass is 19.4. The van der Waals surface area contributed by atoms with E-state index in [0.717, 1.165) is 17.2 Å². The molecule has 1 aromatic heterocycles. The predicted molar refractivity (Wildman–Crippen MR) is 138 cm³/mol. The van der Waals surface area contributed by atoms with Crippen LogP contribution in [0.3, 0.4) is 0 Å². The molecule has 0 bridgehead atoms. The molecule has 2 N–H and O–H groups in total. The zero-order valence-electron chi connectivity index (χ0n) is 21.3. The van der Waals surface area contributed by atoms with Crippen molar-refractivity contribution >= 4 is 11.4 Å². The van der Waals surface area contributed by atoms with Crippen LogP contribution in [0.2, 0.25) is 0 Å². The lowest BCUT2D eigenvalue weighted by molar-refractivity contribution is -0.137. The Morgan fingerprint density at radius 1 is 1.08 bits per heavy atom. The topological polar surface area (TPSA) is 88.8 Å². The van der Waals surface area contributed by atoms with Crippen LogP contribution in [0.4, 0.5) is 24.5 Å². The minimum absolute atomic E-state index is 0.0433. The Kier molecular flexibility index (Phi) is 6.72. The Balaban J connectivity index is 1.78. The summed E-state index contributed by atoms with van der Waals surface area (Å²) in [6.45, 7) is 2.71. The van der Waals surface area contributed by atoms with E-state index in [2.05, 4.69) is 10.4 Å². The summed E-state index contributed by atoms with van der Waals surface area (Å²) in [6.07, 6.45) is -3.52. The first-order chi connectivity index (χ1) is 18.1. The molecule has 0 saturated carbocycles. The quantitative estimate of drug-likeness (QED) is 0.510. The summed E-state index contributed by atoms with van der Waals surface area (Å²) in [6, 6.07) is 8.72. The van der Waals surface area contributed by atoms with Crippen molar-refractivity contribution in [3.05, 3.63) is 57.9 Å². The largest absolute Gasteiger partial charge is 0.497 e. The Morgan fingerprint density at radius 3 is 2.39 bits per heavy atom. The monoisotopic (exact) mass is 530 g/mol. The number of methoxy groups -OCH3 is 2. The number of nitrogens with zero attached hydrogens (tertiary/aromatic N) is 3. The van der Waals surface area contributed by atoms with Gasteiger partial charge in [0.15, 0.2) is 0 Å². The number of β-amino-alcohol motifs (C(OH)–C–C–N with tert-alkyl or cyclic N) is 1. The molecule has 3 heterocycles. The van der Waals surface area contributed by atoms with Gasteiger partial charge in [-0.25, -0.2) is 0 Å². The predicted octanol–water partition coefficient (Wildman–Crippen LogP) is 4.25. The van der Waals surface area contributed by atoms with Gasteiger partial charge in [-0.05, 0) is 56.5 Å². The third-order valence-corrected chi connectivity index (χ3v) is 7.08. The highest BCUT2D eigenvalue weighted by Gasteiger charge is 2.36. The molecule has 2 atom stereocenters. The fourth-order valence-corrected chi connectivity index (χ4v) is 5.08. The lowest BCUT2D eigenvalue weighted by Crippen LogP contribution is -2.34. The number of fused-ring (bicyclic) bond motifs is 1. The molecule has 1 unspecified atom stereocenters. The van der Waals surface area contributed by atoms with Crippen LogP contribution < -0.4 is 25.2 Å². The summed E-state index contributed by atoms with van der Waals surface area (Å²) >= 11 is 0. The zero-order chi connectivity index (χ0) is 27.2. The maximum atomic E-state index is 14.2. The number of hydrogen-bond donors (Lipinski definition) is 2. The molecule has 3 aromatic rings. The first kappa shape index (κ1) is 25.9. The van der Waals surface area contributed by atoms with Gasteiger partial charge in [-0.2, -0.15) is 23.0 Å². The van der Waals surface area contributed by atoms with Gasteiger partial charge in [0, 0.05) is 42.0 Å². The van der Waals surface area contributed by atoms with Gasteiger partial charge >= 0.3 is 6.18 Å². The molecule has 5 rings (SSSR count). The van der Waals surface area contributed by atoms with Gasteiger partial charge in [0.25, 0.3) is 5.56 Å². The molecule has 2 aromatic carbocycles. The summed E-state index contributed by atoms with van der Waals surface area (Å²) in [5.74, 6) is 0.964. The van der Waals surface area contributed by atoms with Crippen LogP contribution in [0.15, 0.2) is 41.2 Å². The van der Waals surface area contributed by atoms with Gasteiger partial charge in [-0.15, -0.1) is 0 Å². The van der Waals surface area contributed by atoms with Gasteiger partial charge in [-0.3, -0.25) is 4.79 Å². The smallest absolute Gasteiger partial charge is 0.418 e. The molecule has 0 aliphatic carbocycles. The highest BCUT2D eigenvalue weighted by molar-refractivity contribution is 5.73. The van der Waals surface area contributed by atoms with Crippen LogP contribution in [-0.2, 0) is 12.6 Å². The van der Waals surface area contributed by atoms with E-state index in [1.165, 1.54) is 26.4 Å². The molecule has 0 radical (unpaired) electrons. The van der Waals surface area contributed by atoms with Crippen LogP contribution in [0.5, 0.6) is 11.5 Å². The van der Waals surface area contributed by atoms with Crippen molar-refractivity contribution < 1.29 is 27.8 Å². The number of rotatable bonds is 5. The second-order valence-corrected chi connectivity index (χ2v) is 9.69. The molecule has 38 heavy (non-hydrogen) atoms. The number of nitrogens with one attached hydrogen (secondary N) is 1. The zero-order valence-corrected chi connectivity index (χ0v) is 21.3. The molecule has 1 saturated heterocycles. The maximum Gasteiger partial charge on any atom is 0.418 e. The van der Waals surface area contributed by atoms with E-state index < -0.39 is 23.4 Å². The van der Waals surface area contributed by atoms with Gasteiger partial charge < -0.3 is 24.8 Å². The van der Waals surface area contributed by atoms with Crippen molar-refractivity contribution in [2.45, 2.75) is 44.5 Å². The van der Waals surface area contributed by atoms with E-state index in [1.807, 2.05) is 6.92 Å². The van der Waals surface area contributed by atoms with Crippen molar-refractivity contribution in [1.82, 2.24) is 9.78 Å². The number of benzene rings is 2. The normalized spacial score (nSPS) is 19.2. The second-order valence-electron chi connectivity index (χ2n) is 9.69. The van der Waals surface area contributed by atoms with Crippen molar-refractivity contribution in [3.8, 4) is 28.4 Å². The molecule has 8 nitrogen and oxygen atoms in total. The van der Waals surface area contributed by atoms with E-state index in [4.69, 9.17) is 9.47 Å². The van der Waals surface area contributed by atoms with Crippen LogP contribution in [0.25, 0.3) is 16.9 Å². The Morgan fingerprint density at radius 2 is 1.79 bits per heavy atom. The first-order valence-corrected chi connectivity index (χ1v) is 12.4. The number of aliphatic hydroxyl groups is 1. The Hall–Kier alpha value is -3.73. The molecule has 2 aliphatic heterocycles. The number of halogens is 3. The van der Waals surface area contributed by atoms with Gasteiger partial charge in [0.2, 0.25) is 0 Å². The van der Waals surface area contributed by atoms with E-state index in [9.17, 15) is 23.1 Å². The van der Waals surface area contributed by atoms with Gasteiger partial charge in [0.05, 0.1) is 37.3 Å². The fourth-order valence-electron chi connectivity index (χ4n) is 5.08. The molecule has 202 valence electrons. The van der Waals surface area contributed by atoms with Crippen LogP contribution >= 0.6 is 0 Å². The molecular weight excluding hydrogens is 501 g/mol. The van der Waals surface area contributed by atoms with Crippen molar-refractivity contribution in [2.24, 2.45) is 0 Å². The summed E-state index contributed by atoms with van der Waals surface area (Å²) in [5.41, 5.74) is 0.240. The number of hydrogen-bond acceptors (Lipinski definition) is 7. The molecule has 1 fully saturated rings. The van der Waals surface area contributed by atoms with Crippen molar-refractivity contribution in [2.75, 3.05) is 37.5 Å². The summed E-state index contributed by atoms with van der Waals surface area (Å²) in [7, 11) is 3.00. The average Bonchev–Trinajstić information content (AvgIpc) is 3.34. The maximum absolute atomic E-state index is 14.2. The van der Waals surface area contributed by atoms with Gasteiger partial charge in [0.1, 0.15) is 17.2 Å². The van der Waals surface area contributed by atoms with Crippen molar-refractivity contribution in [3.63, 3.8) is 0 Å². The Labute approximate surface area is 217 Å². The Bertz CT molecular complexity index is 1400.